The first-order valence-electron chi connectivity index (χ1n) is 8.25. The van der Waals surface area contributed by atoms with Gasteiger partial charge in [-0.15, -0.1) is 11.3 Å². The average Bonchev–Trinajstić information content (AvgIpc) is 2.98. The van der Waals surface area contributed by atoms with Crippen molar-refractivity contribution in [2.45, 2.75) is 50.6 Å². The monoisotopic (exact) mass is 300 g/mol. The van der Waals surface area contributed by atoms with E-state index in [9.17, 15) is 0 Å². The molecule has 2 nitrogen and oxygen atoms in total. The van der Waals surface area contributed by atoms with Gasteiger partial charge in [0.05, 0.1) is 0 Å². The normalized spacial score (nSPS) is 25.6. The van der Waals surface area contributed by atoms with Crippen molar-refractivity contribution in [1.82, 2.24) is 5.32 Å². The van der Waals surface area contributed by atoms with Crippen LogP contribution in [0, 0.1) is 0 Å². The van der Waals surface area contributed by atoms with Crippen LogP contribution in [0.25, 0.3) is 10.1 Å². The molecule has 1 atom stereocenters. The molecule has 112 valence electrons. The molecular formula is C18H24N2S. The molecule has 0 bridgehead atoms. The van der Waals surface area contributed by atoms with Gasteiger partial charge in [-0.3, -0.25) is 0 Å². The SMILES string of the molecule is CC1CNC2(CCCCC2)CN1c1ccc2sccc2c1. The van der Waals surface area contributed by atoms with E-state index in [4.69, 9.17) is 0 Å². The largest absolute Gasteiger partial charge is 0.366 e. The lowest BCUT2D eigenvalue weighted by Gasteiger charge is -2.50. The Hall–Kier alpha value is -1.06. The molecule has 2 aromatic rings. The van der Waals surface area contributed by atoms with Crippen LogP contribution in [-0.2, 0) is 0 Å². The molecule has 2 heterocycles. The number of rotatable bonds is 1. The molecule has 1 aliphatic carbocycles. The predicted molar refractivity (Wildman–Crippen MR) is 92.5 cm³/mol. The highest BCUT2D eigenvalue weighted by atomic mass is 32.1. The molecule has 3 heteroatoms. The number of anilines is 1. The van der Waals surface area contributed by atoms with E-state index >= 15 is 0 Å². The van der Waals surface area contributed by atoms with Gasteiger partial charge in [0.25, 0.3) is 0 Å². The summed E-state index contributed by atoms with van der Waals surface area (Å²) < 4.78 is 1.40. The number of nitrogens with one attached hydrogen (secondary N) is 1. The minimum atomic E-state index is 0.369. The molecule has 4 rings (SSSR count). The lowest BCUT2D eigenvalue weighted by Crippen LogP contribution is -2.64. The fraction of sp³-hybridized carbons (Fsp3) is 0.556. The molecule has 1 aliphatic heterocycles. The van der Waals surface area contributed by atoms with Crippen molar-refractivity contribution in [3.05, 3.63) is 29.6 Å². The molecule has 2 aliphatic rings. The lowest BCUT2D eigenvalue weighted by molar-refractivity contribution is 0.200. The maximum Gasteiger partial charge on any atom is 0.0387 e. The maximum atomic E-state index is 3.88. The van der Waals surface area contributed by atoms with Crippen LogP contribution in [0.1, 0.15) is 39.0 Å². The number of thiophene rings is 1. The second kappa shape index (κ2) is 5.29. The molecule has 0 amide bonds. The van der Waals surface area contributed by atoms with Gasteiger partial charge in [-0.1, -0.05) is 19.3 Å². The van der Waals surface area contributed by atoms with Gasteiger partial charge in [0, 0.05) is 35.1 Å². The Morgan fingerprint density at radius 3 is 2.90 bits per heavy atom. The van der Waals surface area contributed by atoms with Crippen LogP contribution in [0.2, 0.25) is 0 Å². The summed E-state index contributed by atoms with van der Waals surface area (Å²) >= 11 is 1.83. The van der Waals surface area contributed by atoms with Gasteiger partial charge in [0.2, 0.25) is 0 Å². The van der Waals surface area contributed by atoms with Crippen LogP contribution in [0.15, 0.2) is 29.6 Å². The number of piperazine rings is 1. The number of fused-ring (bicyclic) bond motifs is 1. The summed E-state index contributed by atoms with van der Waals surface area (Å²) in [5.41, 5.74) is 1.77. The second-order valence-corrected chi connectivity index (χ2v) is 7.79. The minimum Gasteiger partial charge on any atom is -0.366 e. The van der Waals surface area contributed by atoms with Crippen LogP contribution in [0.4, 0.5) is 5.69 Å². The van der Waals surface area contributed by atoms with Crippen LogP contribution < -0.4 is 10.2 Å². The van der Waals surface area contributed by atoms with Crippen molar-refractivity contribution in [2.75, 3.05) is 18.0 Å². The molecule has 0 radical (unpaired) electrons. The molecule has 1 saturated carbocycles. The number of hydrogen-bond donors (Lipinski definition) is 1. The van der Waals surface area contributed by atoms with Crippen molar-refractivity contribution < 1.29 is 0 Å². The van der Waals surface area contributed by atoms with Gasteiger partial charge in [-0.05, 0) is 54.8 Å². The fourth-order valence-corrected chi connectivity index (χ4v) is 4.83. The number of benzene rings is 1. The molecular weight excluding hydrogens is 276 g/mol. The van der Waals surface area contributed by atoms with Gasteiger partial charge in [-0.25, -0.2) is 0 Å². The van der Waals surface area contributed by atoms with Gasteiger partial charge in [-0.2, -0.15) is 0 Å². The summed E-state index contributed by atoms with van der Waals surface area (Å²) in [4.78, 5) is 2.64. The molecule has 1 aromatic carbocycles. The zero-order valence-electron chi connectivity index (χ0n) is 12.8. The first kappa shape index (κ1) is 13.6. The Bertz CT molecular complexity index is 627. The zero-order valence-corrected chi connectivity index (χ0v) is 13.6. The second-order valence-electron chi connectivity index (χ2n) is 6.84. The molecule has 1 N–H and O–H groups in total. The summed E-state index contributed by atoms with van der Waals surface area (Å²) in [5, 5.41) is 7.46. The Kier molecular flexibility index (Phi) is 3.43. The van der Waals surface area contributed by atoms with E-state index < -0.39 is 0 Å². The Balaban J connectivity index is 1.64. The highest BCUT2D eigenvalue weighted by Crippen LogP contribution is 2.35. The molecule has 1 aromatic heterocycles. The van der Waals surface area contributed by atoms with E-state index in [1.54, 1.807) is 0 Å². The van der Waals surface area contributed by atoms with E-state index in [0.717, 1.165) is 6.54 Å². The Morgan fingerprint density at radius 1 is 1.19 bits per heavy atom. The van der Waals surface area contributed by atoms with Gasteiger partial charge in [0.15, 0.2) is 0 Å². The van der Waals surface area contributed by atoms with Crippen molar-refractivity contribution >= 4 is 27.1 Å². The van der Waals surface area contributed by atoms with E-state index in [1.807, 2.05) is 11.3 Å². The first-order valence-corrected chi connectivity index (χ1v) is 9.13. The quantitative estimate of drug-likeness (QED) is 0.839. The van der Waals surface area contributed by atoms with Crippen molar-refractivity contribution in [2.24, 2.45) is 0 Å². The topological polar surface area (TPSA) is 15.3 Å². The smallest absolute Gasteiger partial charge is 0.0387 e. The van der Waals surface area contributed by atoms with Crippen LogP contribution in [0.5, 0.6) is 0 Å². The van der Waals surface area contributed by atoms with Crippen molar-refractivity contribution in [1.29, 1.82) is 0 Å². The van der Waals surface area contributed by atoms with Gasteiger partial charge < -0.3 is 10.2 Å². The molecule has 2 fully saturated rings. The van der Waals surface area contributed by atoms with Crippen molar-refractivity contribution in [3.8, 4) is 0 Å². The van der Waals surface area contributed by atoms with Crippen molar-refractivity contribution in [3.63, 3.8) is 0 Å². The van der Waals surface area contributed by atoms with Crippen LogP contribution in [0.3, 0.4) is 0 Å². The summed E-state index contributed by atoms with van der Waals surface area (Å²) in [6, 6.07) is 9.81. The Morgan fingerprint density at radius 2 is 2.05 bits per heavy atom. The molecule has 21 heavy (non-hydrogen) atoms. The minimum absolute atomic E-state index is 0.369. The summed E-state index contributed by atoms with van der Waals surface area (Å²) in [7, 11) is 0. The van der Waals surface area contributed by atoms with E-state index in [0.29, 0.717) is 11.6 Å². The predicted octanol–water partition coefficient (Wildman–Crippen LogP) is 4.40. The highest BCUT2D eigenvalue weighted by Gasteiger charge is 2.38. The third kappa shape index (κ3) is 2.47. The van der Waals surface area contributed by atoms with Crippen LogP contribution >= 0.6 is 11.3 Å². The highest BCUT2D eigenvalue weighted by molar-refractivity contribution is 7.17. The standard InChI is InChI=1S/C18H24N2S/c1-14-12-19-18(8-3-2-4-9-18)13-20(14)16-5-6-17-15(11-16)7-10-21-17/h5-7,10-11,14,19H,2-4,8-9,12-13H2,1H3. The third-order valence-corrected chi connectivity index (χ3v) is 6.25. The summed E-state index contributed by atoms with van der Waals surface area (Å²) in [5.74, 6) is 0. The van der Waals surface area contributed by atoms with Crippen LogP contribution in [-0.4, -0.2) is 24.7 Å². The zero-order chi connectivity index (χ0) is 14.3. The van der Waals surface area contributed by atoms with E-state index in [2.05, 4.69) is 46.8 Å². The number of hydrogen-bond acceptors (Lipinski definition) is 3. The van der Waals surface area contributed by atoms with E-state index in [-0.39, 0.29) is 0 Å². The van der Waals surface area contributed by atoms with Gasteiger partial charge >= 0.3 is 0 Å². The summed E-state index contributed by atoms with van der Waals surface area (Å²) in [6.45, 7) is 4.63. The Labute approximate surface area is 131 Å². The molecule has 1 unspecified atom stereocenters. The number of nitrogens with zero attached hydrogens (tertiary/aromatic N) is 1. The van der Waals surface area contributed by atoms with Gasteiger partial charge in [0.1, 0.15) is 0 Å². The summed E-state index contributed by atoms with van der Waals surface area (Å²) in [6.07, 6.45) is 6.88. The lowest BCUT2D eigenvalue weighted by atomic mass is 9.79. The maximum absolute atomic E-state index is 3.88. The average molecular weight is 300 g/mol. The fourth-order valence-electron chi connectivity index (χ4n) is 4.05. The third-order valence-electron chi connectivity index (χ3n) is 5.36. The first-order chi connectivity index (χ1) is 10.3. The molecule has 1 spiro atoms. The van der Waals surface area contributed by atoms with E-state index in [1.165, 1.54) is 54.4 Å². The molecule has 1 saturated heterocycles.